The summed E-state index contributed by atoms with van der Waals surface area (Å²) in [7, 11) is 0. The molecule has 0 atom stereocenters. The molecule has 1 aromatic carbocycles. The molecule has 0 aliphatic heterocycles. The minimum atomic E-state index is -0.410. The molecule has 0 heterocycles. The minimum absolute atomic E-state index is 0.0120. The second-order valence-electron chi connectivity index (χ2n) is 2.47. The van der Waals surface area contributed by atoms with Gasteiger partial charge in [0, 0.05) is 5.56 Å². The van der Waals surface area contributed by atoms with Gasteiger partial charge in [0.1, 0.15) is 11.6 Å². The number of phenols is 1. The third kappa shape index (κ3) is 2.60. The average molecular weight is 177 g/mol. The summed E-state index contributed by atoms with van der Waals surface area (Å²) < 4.78 is 13.0. The highest BCUT2D eigenvalue weighted by atomic mass is 19.1. The molecule has 66 valence electrons. The maximum Gasteiger partial charge on any atom is 0.130 e. The maximum absolute atomic E-state index is 13.0. The van der Waals surface area contributed by atoms with Gasteiger partial charge in [0.2, 0.25) is 0 Å². The first-order chi connectivity index (χ1) is 6.24. The first-order valence-electron chi connectivity index (χ1n) is 3.76. The molecule has 13 heavy (non-hydrogen) atoms. The molecule has 0 saturated heterocycles. The number of benzene rings is 1. The van der Waals surface area contributed by atoms with Gasteiger partial charge in [0.25, 0.3) is 0 Å². The Balaban J connectivity index is 2.88. The lowest BCUT2D eigenvalue weighted by Crippen LogP contribution is -1.80. The normalized spacial score (nSPS) is 10.2. The van der Waals surface area contributed by atoms with Gasteiger partial charge >= 0.3 is 0 Å². The van der Waals surface area contributed by atoms with E-state index in [1.807, 2.05) is 6.07 Å². The molecule has 0 aliphatic carbocycles. The van der Waals surface area contributed by atoms with E-state index in [9.17, 15) is 4.39 Å². The van der Waals surface area contributed by atoms with E-state index < -0.39 is 5.82 Å². The van der Waals surface area contributed by atoms with E-state index in [2.05, 4.69) is 0 Å². The van der Waals surface area contributed by atoms with Crippen molar-refractivity contribution in [2.24, 2.45) is 0 Å². The summed E-state index contributed by atoms with van der Waals surface area (Å²) in [6, 6.07) is 5.67. The number of allylic oxidation sites excluding steroid dienone is 1. The molecule has 0 fully saturated rings. The molecule has 1 N–H and O–H groups in total. The summed E-state index contributed by atoms with van der Waals surface area (Å²) in [5, 5.41) is 17.3. The van der Waals surface area contributed by atoms with Crippen molar-refractivity contribution < 1.29 is 9.50 Å². The molecular weight excluding hydrogens is 169 g/mol. The van der Waals surface area contributed by atoms with Crippen LogP contribution in [0, 0.1) is 17.1 Å². The van der Waals surface area contributed by atoms with Crippen LogP contribution in [-0.2, 0) is 0 Å². The highest BCUT2D eigenvalue weighted by molar-refractivity contribution is 5.52. The SMILES string of the molecule is N#CCC=Cc1cc(O)ccc1F. The number of halogens is 1. The third-order valence-corrected chi connectivity index (χ3v) is 1.49. The van der Waals surface area contributed by atoms with E-state index in [-0.39, 0.29) is 17.7 Å². The molecule has 0 aliphatic rings. The Kier molecular flexibility index (Phi) is 3.04. The van der Waals surface area contributed by atoms with Crippen molar-refractivity contribution >= 4 is 6.08 Å². The molecule has 0 amide bonds. The van der Waals surface area contributed by atoms with Crippen LogP contribution in [0.25, 0.3) is 6.08 Å². The van der Waals surface area contributed by atoms with Gasteiger partial charge in [-0.2, -0.15) is 5.26 Å². The van der Waals surface area contributed by atoms with Crippen molar-refractivity contribution in [1.29, 1.82) is 5.26 Å². The Bertz CT molecular complexity index is 366. The smallest absolute Gasteiger partial charge is 0.130 e. The Morgan fingerprint density at radius 2 is 2.31 bits per heavy atom. The van der Waals surface area contributed by atoms with Crippen LogP contribution < -0.4 is 0 Å². The fourth-order valence-corrected chi connectivity index (χ4v) is 0.897. The zero-order valence-corrected chi connectivity index (χ0v) is 6.87. The molecule has 0 radical (unpaired) electrons. The van der Waals surface area contributed by atoms with Gasteiger partial charge in [0.15, 0.2) is 0 Å². The van der Waals surface area contributed by atoms with E-state index in [1.54, 1.807) is 0 Å². The number of rotatable bonds is 2. The Labute approximate surface area is 75.6 Å². The molecule has 1 rings (SSSR count). The fraction of sp³-hybridized carbons (Fsp3) is 0.100. The van der Waals surface area contributed by atoms with Crippen LogP contribution in [-0.4, -0.2) is 5.11 Å². The number of hydrogen-bond acceptors (Lipinski definition) is 2. The van der Waals surface area contributed by atoms with Crippen LogP contribution in [0.4, 0.5) is 4.39 Å². The lowest BCUT2D eigenvalue weighted by Gasteiger charge is -1.96. The molecule has 0 unspecified atom stereocenters. The van der Waals surface area contributed by atoms with Crippen LogP contribution in [0.2, 0.25) is 0 Å². The van der Waals surface area contributed by atoms with Gasteiger partial charge in [-0.1, -0.05) is 12.2 Å². The van der Waals surface area contributed by atoms with Crippen LogP contribution >= 0.6 is 0 Å². The number of nitriles is 1. The maximum atomic E-state index is 13.0. The topological polar surface area (TPSA) is 44.0 Å². The molecular formula is C10H8FNO. The zero-order valence-electron chi connectivity index (χ0n) is 6.87. The van der Waals surface area contributed by atoms with E-state index in [4.69, 9.17) is 10.4 Å². The highest BCUT2D eigenvalue weighted by Crippen LogP contribution is 2.16. The van der Waals surface area contributed by atoms with Gasteiger partial charge in [-0.3, -0.25) is 0 Å². The first kappa shape index (κ1) is 9.27. The van der Waals surface area contributed by atoms with Crippen LogP contribution in [0.3, 0.4) is 0 Å². The van der Waals surface area contributed by atoms with Gasteiger partial charge in [-0.05, 0) is 18.2 Å². The number of phenolic OH excluding ortho intramolecular Hbond substituents is 1. The minimum Gasteiger partial charge on any atom is -0.508 e. The van der Waals surface area contributed by atoms with Crippen molar-refractivity contribution in [2.75, 3.05) is 0 Å². The quantitative estimate of drug-likeness (QED) is 0.754. The molecule has 0 saturated carbocycles. The molecule has 0 aromatic heterocycles. The second kappa shape index (κ2) is 4.27. The zero-order chi connectivity index (χ0) is 9.68. The summed E-state index contributed by atoms with van der Waals surface area (Å²) in [5.74, 6) is -0.398. The lowest BCUT2D eigenvalue weighted by atomic mass is 10.2. The van der Waals surface area contributed by atoms with E-state index in [1.165, 1.54) is 30.4 Å². The summed E-state index contributed by atoms with van der Waals surface area (Å²) >= 11 is 0. The highest BCUT2D eigenvalue weighted by Gasteiger charge is 1.98. The Morgan fingerprint density at radius 3 is 3.00 bits per heavy atom. The van der Waals surface area contributed by atoms with Gasteiger partial charge in [0.05, 0.1) is 12.5 Å². The molecule has 0 spiro atoms. The molecule has 3 heteroatoms. The van der Waals surface area contributed by atoms with Crippen LogP contribution in [0.5, 0.6) is 5.75 Å². The molecule has 0 bridgehead atoms. The van der Waals surface area contributed by atoms with Crippen molar-refractivity contribution in [2.45, 2.75) is 6.42 Å². The van der Waals surface area contributed by atoms with Gasteiger partial charge in [-0.15, -0.1) is 0 Å². The third-order valence-electron chi connectivity index (χ3n) is 1.49. The summed E-state index contributed by atoms with van der Waals surface area (Å²) in [4.78, 5) is 0. The molecule has 2 nitrogen and oxygen atoms in total. The van der Waals surface area contributed by atoms with Gasteiger partial charge < -0.3 is 5.11 Å². The van der Waals surface area contributed by atoms with Crippen molar-refractivity contribution in [3.05, 3.63) is 35.7 Å². The number of hydrogen-bond donors (Lipinski definition) is 1. The number of aromatic hydroxyl groups is 1. The van der Waals surface area contributed by atoms with Crippen LogP contribution in [0.1, 0.15) is 12.0 Å². The predicted octanol–water partition coefficient (Wildman–Crippen LogP) is 2.46. The largest absolute Gasteiger partial charge is 0.508 e. The summed E-state index contributed by atoms with van der Waals surface area (Å²) in [5.41, 5.74) is 0.287. The summed E-state index contributed by atoms with van der Waals surface area (Å²) in [6.07, 6.45) is 3.24. The van der Waals surface area contributed by atoms with Crippen molar-refractivity contribution in [3.8, 4) is 11.8 Å². The van der Waals surface area contributed by atoms with E-state index in [0.717, 1.165) is 0 Å². The fourth-order valence-electron chi connectivity index (χ4n) is 0.897. The average Bonchev–Trinajstić information content (AvgIpc) is 2.11. The Morgan fingerprint density at radius 1 is 1.54 bits per heavy atom. The monoisotopic (exact) mass is 177 g/mol. The van der Waals surface area contributed by atoms with Crippen molar-refractivity contribution in [3.63, 3.8) is 0 Å². The van der Waals surface area contributed by atoms with E-state index in [0.29, 0.717) is 0 Å². The predicted molar refractivity (Wildman–Crippen MR) is 47.3 cm³/mol. The van der Waals surface area contributed by atoms with Crippen LogP contribution in [0.15, 0.2) is 24.3 Å². The lowest BCUT2D eigenvalue weighted by molar-refractivity contribution is 0.473. The Hall–Kier alpha value is -1.82. The standard InChI is InChI=1S/C10H8FNO/c11-10-5-4-9(13)7-8(10)3-1-2-6-12/h1,3-5,7,13H,2H2. The summed E-state index contributed by atoms with van der Waals surface area (Å²) in [6.45, 7) is 0. The second-order valence-corrected chi connectivity index (χ2v) is 2.47. The molecule has 1 aromatic rings. The van der Waals surface area contributed by atoms with E-state index >= 15 is 0 Å². The van der Waals surface area contributed by atoms with Crippen molar-refractivity contribution in [1.82, 2.24) is 0 Å². The van der Waals surface area contributed by atoms with Gasteiger partial charge in [-0.25, -0.2) is 4.39 Å². The number of nitrogens with zero attached hydrogens (tertiary/aromatic N) is 1. The first-order valence-corrected chi connectivity index (χ1v) is 3.76.